The Bertz CT molecular complexity index is 457. The van der Waals surface area contributed by atoms with Crippen molar-refractivity contribution in [3.05, 3.63) is 59.9 Å². The van der Waals surface area contributed by atoms with Gasteiger partial charge in [-0.25, -0.2) is 0 Å². The van der Waals surface area contributed by atoms with E-state index in [2.05, 4.69) is 5.43 Å². The van der Waals surface area contributed by atoms with Crippen molar-refractivity contribution in [2.75, 3.05) is 5.43 Å². The molecule has 0 spiro atoms. The van der Waals surface area contributed by atoms with Crippen LogP contribution in [0.5, 0.6) is 0 Å². The minimum absolute atomic E-state index is 0.479. The van der Waals surface area contributed by atoms with Crippen LogP contribution >= 0.6 is 0 Å². The summed E-state index contributed by atoms with van der Waals surface area (Å²) in [6.07, 6.45) is -0.624. The van der Waals surface area contributed by atoms with Crippen LogP contribution in [0.1, 0.15) is 11.1 Å². The lowest BCUT2D eigenvalue weighted by Crippen LogP contribution is -2.12. The molecule has 0 bridgehead atoms. The highest BCUT2D eigenvalue weighted by Gasteiger charge is 2.29. The van der Waals surface area contributed by atoms with Gasteiger partial charge in [-0.2, -0.15) is 13.2 Å². The zero-order chi connectivity index (χ0) is 12.3. The van der Waals surface area contributed by atoms with Gasteiger partial charge in [-0.05, 0) is 29.8 Å². The molecule has 0 aliphatic heterocycles. The van der Waals surface area contributed by atoms with Gasteiger partial charge in [-0.3, -0.25) is 4.68 Å². The molecule has 0 unspecified atom stereocenters. The van der Waals surface area contributed by atoms with E-state index in [-0.39, 0.29) is 0 Å². The fraction of sp³-hybridized carbons (Fsp3) is 0.167. The van der Waals surface area contributed by atoms with E-state index < -0.39 is 11.7 Å². The van der Waals surface area contributed by atoms with E-state index >= 15 is 0 Å². The molecule has 0 atom stereocenters. The molecule has 0 aliphatic rings. The predicted octanol–water partition coefficient (Wildman–Crippen LogP) is 3.25. The molecule has 1 N–H and O–H groups in total. The number of nitrogens with zero attached hydrogens (tertiary/aromatic N) is 1. The second-order valence-corrected chi connectivity index (χ2v) is 3.62. The third kappa shape index (κ3) is 3.03. The van der Waals surface area contributed by atoms with Crippen molar-refractivity contribution in [2.45, 2.75) is 12.7 Å². The minimum Gasteiger partial charge on any atom is -0.322 e. The number of rotatable bonds is 3. The fourth-order valence-corrected chi connectivity index (χ4v) is 1.43. The highest BCUT2D eigenvalue weighted by atomic mass is 19.4. The molecule has 0 radical (unpaired) electrons. The van der Waals surface area contributed by atoms with Crippen LogP contribution in [-0.4, -0.2) is 4.68 Å². The summed E-state index contributed by atoms with van der Waals surface area (Å²) < 4.78 is 38.7. The average molecular weight is 240 g/mol. The van der Waals surface area contributed by atoms with Gasteiger partial charge in [-0.1, -0.05) is 12.1 Å². The maximum atomic E-state index is 12.3. The van der Waals surface area contributed by atoms with Crippen LogP contribution in [0.3, 0.4) is 0 Å². The Balaban J connectivity index is 1.99. The van der Waals surface area contributed by atoms with Gasteiger partial charge in [0.25, 0.3) is 0 Å². The maximum absolute atomic E-state index is 12.3. The van der Waals surface area contributed by atoms with Crippen molar-refractivity contribution in [3.63, 3.8) is 0 Å². The Hall–Kier alpha value is -1.91. The first-order chi connectivity index (χ1) is 8.05. The summed E-state index contributed by atoms with van der Waals surface area (Å²) in [6.45, 7) is 0.479. The molecule has 2 rings (SSSR count). The van der Waals surface area contributed by atoms with Crippen LogP contribution in [0.25, 0.3) is 0 Å². The Kier molecular flexibility index (Phi) is 3.08. The van der Waals surface area contributed by atoms with Gasteiger partial charge in [-0.15, -0.1) is 0 Å². The minimum atomic E-state index is -4.27. The smallest absolute Gasteiger partial charge is 0.322 e. The summed E-state index contributed by atoms with van der Waals surface area (Å²) in [4.78, 5) is 0. The predicted molar refractivity (Wildman–Crippen MR) is 58.9 cm³/mol. The number of aromatic nitrogens is 1. The SMILES string of the molecule is FC(F)(F)c1ccc(CNn2cccc2)cc1. The van der Waals surface area contributed by atoms with Crippen molar-refractivity contribution >= 4 is 0 Å². The lowest BCUT2D eigenvalue weighted by Gasteiger charge is -2.09. The quantitative estimate of drug-likeness (QED) is 0.871. The Morgan fingerprint density at radius 1 is 1.00 bits per heavy atom. The first-order valence-corrected chi connectivity index (χ1v) is 5.09. The van der Waals surface area contributed by atoms with Crippen molar-refractivity contribution in [1.29, 1.82) is 0 Å². The van der Waals surface area contributed by atoms with Crippen molar-refractivity contribution in [1.82, 2.24) is 4.68 Å². The van der Waals surface area contributed by atoms with Gasteiger partial charge in [0, 0.05) is 12.4 Å². The zero-order valence-electron chi connectivity index (χ0n) is 8.91. The largest absolute Gasteiger partial charge is 0.416 e. The van der Waals surface area contributed by atoms with E-state index in [1.807, 2.05) is 24.5 Å². The van der Waals surface area contributed by atoms with E-state index in [1.165, 1.54) is 12.1 Å². The van der Waals surface area contributed by atoms with E-state index in [0.29, 0.717) is 6.54 Å². The highest BCUT2D eigenvalue weighted by molar-refractivity contribution is 5.25. The van der Waals surface area contributed by atoms with Crippen molar-refractivity contribution in [3.8, 4) is 0 Å². The summed E-state index contributed by atoms with van der Waals surface area (Å²) in [5.74, 6) is 0. The molecule has 0 saturated heterocycles. The van der Waals surface area contributed by atoms with Gasteiger partial charge in [0.05, 0.1) is 12.1 Å². The summed E-state index contributed by atoms with van der Waals surface area (Å²) in [6, 6.07) is 8.84. The van der Waals surface area contributed by atoms with Crippen LogP contribution in [0.2, 0.25) is 0 Å². The number of nitrogens with one attached hydrogen (secondary N) is 1. The molecule has 0 fully saturated rings. The monoisotopic (exact) mass is 240 g/mol. The second kappa shape index (κ2) is 4.53. The number of alkyl halides is 3. The Labute approximate surface area is 96.7 Å². The topological polar surface area (TPSA) is 17.0 Å². The van der Waals surface area contributed by atoms with Crippen LogP contribution in [0, 0.1) is 0 Å². The molecule has 17 heavy (non-hydrogen) atoms. The summed E-state index contributed by atoms with van der Waals surface area (Å²) in [5.41, 5.74) is 3.21. The van der Waals surface area contributed by atoms with E-state index in [0.717, 1.165) is 17.7 Å². The van der Waals surface area contributed by atoms with Crippen LogP contribution < -0.4 is 5.43 Å². The third-order valence-corrected chi connectivity index (χ3v) is 2.35. The van der Waals surface area contributed by atoms with Gasteiger partial charge < -0.3 is 5.43 Å². The summed E-state index contributed by atoms with van der Waals surface area (Å²) in [5, 5.41) is 0. The number of hydrogen-bond acceptors (Lipinski definition) is 1. The fourth-order valence-electron chi connectivity index (χ4n) is 1.43. The molecule has 2 nitrogen and oxygen atoms in total. The van der Waals surface area contributed by atoms with Crippen LogP contribution in [0.4, 0.5) is 13.2 Å². The lowest BCUT2D eigenvalue weighted by molar-refractivity contribution is -0.137. The molecule has 1 aromatic carbocycles. The third-order valence-electron chi connectivity index (χ3n) is 2.35. The summed E-state index contributed by atoms with van der Waals surface area (Å²) >= 11 is 0. The normalized spacial score (nSPS) is 11.5. The standard InChI is InChI=1S/C12H11F3N2/c13-12(14,15)11-5-3-10(4-6-11)9-16-17-7-1-2-8-17/h1-8,16H,9H2. The number of benzene rings is 1. The Morgan fingerprint density at radius 3 is 2.12 bits per heavy atom. The van der Waals surface area contributed by atoms with Gasteiger partial charge in [0.15, 0.2) is 0 Å². The molecular formula is C12H11F3N2. The van der Waals surface area contributed by atoms with Gasteiger partial charge >= 0.3 is 6.18 Å². The van der Waals surface area contributed by atoms with Gasteiger partial charge in [0.2, 0.25) is 0 Å². The first kappa shape index (κ1) is 11.6. The van der Waals surface area contributed by atoms with Crippen LogP contribution in [-0.2, 0) is 12.7 Å². The molecule has 1 heterocycles. The average Bonchev–Trinajstić information content (AvgIpc) is 2.78. The number of hydrogen-bond donors (Lipinski definition) is 1. The summed E-state index contributed by atoms with van der Waals surface area (Å²) in [7, 11) is 0. The molecule has 2 aromatic rings. The molecule has 0 amide bonds. The van der Waals surface area contributed by atoms with Crippen molar-refractivity contribution < 1.29 is 13.2 Å². The van der Waals surface area contributed by atoms with E-state index in [4.69, 9.17) is 0 Å². The maximum Gasteiger partial charge on any atom is 0.416 e. The molecule has 5 heteroatoms. The van der Waals surface area contributed by atoms with Crippen molar-refractivity contribution in [2.24, 2.45) is 0 Å². The molecule has 0 saturated carbocycles. The molecular weight excluding hydrogens is 229 g/mol. The zero-order valence-corrected chi connectivity index (χ0v) is 8.91. The number of halogens is 3. The molecule has 0 aliphatic carbocycles. The highest BCUT2D eigenvalue weighted by Crippen LogP contribution is 2.28. The van der Waals surface area contributed by atoms with Crippen LogP contribution in [0.15, 0.2) is 48.8 Å². The first-order valence-electron chi connectivity index (χ1n) is 5.09. The second-order valence-electron chi connectivity index (χ2n) is 3.62. The molecule has 90 valence electrons. The molecule has 1 aromatic heterocycles. The lowest BCUT2D eigenvalue weighted by atomic mass is 10.1. The van der Waals surface area contributed by atoms with Gasteiger partial charge in [0.1, 0.15) is 0 Å². The van der Waals surface area contributed by atoms with E-state index in [1.54, 1.807) is 4.68 Å². The van der Waals surface area contributed by atoms with E-state index in [9.17, 15) is 13.2 Å². The Morgan fingerprint density at radius 2 is 1.59 bits per heavy atom.